The molecular formula is C19H18ClN3O. The van der Waals surface area contributed by atoms with Crippen LogP contribution in [-0.4, -0.2) is 29.4 Å². The second kappa shape index (κ2) is 6.21. The Balaban J connectivity index is 1.60. The van der Waals surface area contributed by atoms with E-state index in [1.807, 2.05) is 24.3 Å². The molecule has 1 fully saturated rings. The van der Waals surface area contributed by atoms with Crippen molar-refractivity contribution >= 4 is 40.1 Å². The lowest BCUT2D eigenvalue weighted by atomic mass is 10.2. The molecule has 2 heterocycles. The van der Waals surface area contributed by atoms with E-state index in [0.717, 1.165) is 29.7 Å². The van der Waals surface area contributed by atoms with Crippen molar-refractivity contribution in [3.8, 4) is 5.88 Å². The van der Waals surface area contributed by atoms with Gasteiger partial charge < -0.3 is 15.0 Å². The van der Waals surface area contributed by atoms with E-state index in [0.29, 0.717) is 10.6 Å². The molecule has 5 heteroatoms. The Morgan fingerprint density at radius 2 is 1.83 bits per heavy atom. The third-order valence-corrected chi connectivity index (χ3v) is 4.68. The highest BCUT2D eigenvalue weighted by Crippen LogP contribution is 2.29. The van der Waals surface area contributed by atoms with Crippen molar-refractivity contribution in [1.82, 2.24) is 4.98 Å². The van der Waals surface area contributed by atoms with E-state index in [1.54, 1.807) is 12.3 Å². The molecule has 2 N–H and O–H groups in total. The maximum atomic E-state index is 10.1. The SMILES string of the molecule is Oc1[nH]c2ccc(Cl)cc2c1C=Nc1ccc(N2CCCC2)cc1. The summed E-state index contributed by atoms with van der Waals surface area (Å²) in [7, 11) is 0. The van der Waals surface area contributed by atoms with E-state index in [4.69, 9.17) is 11.6 Å². The van der Waals surface area contributed by atoms with Gasteiger partial charge in [0.05, 0.1) is 11.3 Å². The second-order valence-corrected chi connectivity index (χ2v) is 6.48. The van der Waals surface area contributed by atoms with E-state index >= 15 is 0 Å². The van der Waals surface area contributed by atoms with Crippen LogP contribution in [-0.2, 0) is 0 Å². The molecule has 0 amide bonds. The van der Waals surface area contributed by atoms with Crippen molar-refractivity contribution in [2.24, 2.45) is 4.99 Å². The Labute approximate surface area is 145 Å². The van der Waals surface area contributed by atoms with Crippen LogP contribution in [0.4, 0.5) is 11.4 Å². The van der Waals surface area contributed by atoms with E-state index in [1.165, 1.54) is 18.5 Å². The van der Waals surface area contributed by atoms with Crippen LogP contribution >= 0.6 is 11.6 Å². The molecule has 122 valence electrons. The Morgan fingerprint density at radius 1 is 1.08 bits per heavy atom. The summed E-state index contributed by atoms with van der Waals surface area (Å²) in [5.74, 6) is 0.102. The molecule has 1 saturated heterocycles. The molecule has 3 aromatic rings. The number of rotatable bonds is 3. The summed E-state index contributed by atoms with van der Waals surface area (Å²) >= 11 is 6.05. The van der Waals surface area contributed by atoms with Crippen molar-refractivity contribution in [3.63, 3.8) is 0 Å². The fourth-order valence-corrected chi connectivity index (χ4v) is 3.34. The van der Waals surface area contributed by atoms with Gasteiger partial charge in [0, 0.05) is 40.9 Å². The minimum absolute atomic E-state index is 0.102. The number of aromatic amines is 1. The maximum Gasteiger partial charge on any atom is 0.198 e. The zero-order valence-electron chi connectivity index (χ0n) is 13.2. The van der Waals surface area contributed by atoms with E-state index in [9.17, 15) is 5.11 Å². The van der Waals surface area contributed by atoms with Gasteiger partial charge in [-0.3, -0.25) is 4.99 Å². The summed E-state index contributed by atoms with van der Waals surface area (Å²) < 4.78 is 0. The molecule has 0 spiro atoms. The van der Waals surface area contributed by atoms with Crippen molar-refractivity contribution in [2.45, 2.75) is 12.8 Å². The number of aromatic hydroxyl groups is 1. The lowest BCUT2D eigenvalue weighted by molar-refractivity contribution is 0.457. The molecule has 4 rings (SSSR count). The van der Waals surface area contributed by atoms with Crippen LogP contribution in [0.3, 0.4) is 0 Å². The number of hydrogen-bond donors (Lipinski definition) is 2. The molecule has 0 radical (unpaired) electrons. The number of nitrogens with zero attached hydrogens (tertiary/aromatic N) is 2. The quantitative estimate of drug-likeness (QED) is 0.668. The maximum absolute atomic E-state index is 10.1. The number of aromatic nitrogens is 1. The number of hydrogen-bond acceptors (Lipinski definition) is 3. The highest BCUT2D eigenvalue weighted by Gasteiger charge is 2.12. The van der Waals surface area contributed by atoms with Crippen molar-refractivity contribution in [1.29, 1.82) is 0 Å². The Hall–Kier alpha value is -2.46. The van der Waals surface area contributed by atoms with Gasteiger partial charge in [-0.15, -0.1) is 0 Å². The van der Waals surface area contributed by atoms with Crippen LogP contribution < -0.4 is 4.90 Å². The monoisotopic (exact) mass is 339 g/mol. The summed E-state index contributed by atoms with van der Waals surface area (Å²) in [4.78, 5) is 9.82. The predicted octanol–water partition coefficient (Wildman–Crippen LogP) is 4.88. The molecule has 4 nitrogen and oxygen atoms in total. The first-order chi connectivity index (χ1) is 11.7. The topological polar surface area (TPSA) is 51.6 Å². The standard InChI is InChI=1S/C19H18ClN3O/c20-13-3-8-18-16(11-13)17(19(24)22-18)12-21-14-4-6-15(7-5-14)23-9-1-2-10-23/h3-8,11-12,22,24H,1-2,9-10H2. The average Bonchev–Trinajstić information content (AvgIpc) is 3.21. The number of fused-ring (bicyclic) bond motifs is 1. The smallest absolute Gasteiger partial charge is 0.198 e. The van der Waals surface area contributed by atoms with Gasteiger partial charge in [-0.1, -0.05) is 11.6 Å². The van der Waals surface area contributed by atoms with Crippen LogP contribution in [0.25, 0.3) is 10.9 Å². The molecule has 0 unspecified atom stereocenters. The fraction of sp³-hybridized carbons (Fsp3) is 0.211. The first-order valence-corrected chi connectivity index (χ1v) is 8.48. The number of nitrogens with one attached hydrogen (secondary N) is 1. The second-order valence-electron chi connectivity index (χ2n) is 6.05. The summed E-state index contributed by atoms with van der Waals surface area (Å²) in [5, 5.41) is 11.6. The van der Waals surface area contributed by atoms with Gasteiger partial charge in [-0.05, 0) is 55.3 Å². The molecule has 0 aliphatic carbocycles. The van der Waals surface area contributed by atoms with Gasteiger partial charge in [0.25, 0.3) is 0 Å². The zero-order valence-corrected chi connectivity index (χ0v) is 13.9. The van der Waals surface area contributed by atoms with Crippen LogP contribution in [0, 0.1) is 0 Å². The van der Waals surface area contributed by atoms with E-state index < -0.39 is 0 Å². The van der Waals surface area contributed by atoms with Crippen LogP contribution in [0.15, 0.2) is 47.5 Å². The molecule has 1 aromatic heterocycles. The van der Waals surface area contributed by atoms with Crippen molar-refractivity contribution in [2.75, 3.05) is 18.0 Å². The molecule has 0 saturated carbocycles. The minimum Gasteiger partial charge on any atom is -0.494 e. The summed E-state index contributed by atoms with van der Waals surface area (Å²) in [6.45, 7) is 2.26. The third-order valence-electron chi connectivity index (χ3n) is 4.44. The lowest BCUT2D eigenvalue weighted by Crippen LogP contribution is -2.17. The lowest BCUT2D eigenvalue weighted by Gasteiger charge is -2.17. The first-order valence-electron chi connectivity index (χ1n) is 8.10. The number of benzene rings is 2. The molecule has 0 bridgehead atoms. The number of anilines is 1. The molecular weight excluding hydrogens is 322 g/mol. The number of H-pyrrole nitrogens is 1. The average molecular weight is 340 g/mol. The predicted molar refractivity (Wildman–Crippen MR) is 100 cm³/mol. The largest absolute Gasteiger partial charge is 0.494 e. The van der Waals surface area contributed by atoms with Gasteiger partial charge in [-0.2, -0.15) is 0 Å². The van der Waals surface area contributed by atoms with Crippen LogP contribution in [0.5, 0.6) is 5.88 Å². The first kappa shape index (κ1) is 15.1. The van der Waals surface area contributed by atoms with Gasteiger partial charge in [0.2, 0.25) is 0 Å². The highest BCUT2D eigenvalue weighted by molar-refractivity contribution is 6.31. The molecule has 2 aromatic carbocycles. The summed E-state index contributed by atoms with van der Waals surface area (Å²) in [6, 6.07) is 13.7. The minimum atomic E-state index is 0.102. The summed E-state index contributed by atoms with van der Waals surface area (Å²) in [6.07, 6.45) is 4.21. The van der Waals surface area contributed by atoms with E-state index in [2.05, 4.69) is 27.0 Å². The molecule has 0 atom stereocenters. The molecule has 24 heavy (non-hydrogen) atoms. The normalized spacial score (nSPS) is 15.0. The van der Waals surface area contributed by atoms with Crippen LogP contribution in [0.2, 0.25) is 5.02 Å². The Kier molecular flexibility index (Phi) is 3.90. The number of halogens is 1. The van der Waals surface area contributed by atoms with Crippen molar-refractivity contribution < 1.29 is 5.11 Å². The van der Waals surface area contributed by atoms with E-state index in [-0.39, 0.29) is 5.88 Å². The molecule has 1 aliphatic rings. The fourth-order valence-electron chi connectivity index (χ4n) is 3.17. The van der Waals surface area contributed by atoms with Gasteiger partial charge in [0.1, 0.15) is 0 Å². The highest BCUT2D eigenvalue weighted by atomic mass is 35.5. The van der Waals surface area contributed by atoms with Gasteiger partial charge in [0.15, 0.2) is 5.88 Å². The van der Waals surface area contributed by atoms with Gasteiger partial charge in [-0.25, -0.2) is 0 Å². The van der Waals surface area contributed by atoms with Crippen molar-refractivity contribution in [3.05, 3.63) is 53.1 Å². The summed E-state index contributed by atoms with van der Waals surface area (Å²) in [5.41, 5.74) is 3.58. The molecule has 1 aliphatic heterocycles. The van der Waals surface area contributed by atoms with Gasteiger partial charge >= 0.3 is 0 Å². The Bertz CT molecular complexity index is 893. The Morgan fingerprint density at radius 3 is 2.58 bits per heavy atom. The zero-order chi connectivity index (χ0) is 16.5. The van der Waals surface area contributed by atoms with Crippen LogP contribution in [0.1, 0.15) is 18.4 Å². The third kappa shape index (κ3) is 2.85. The number of aliphatic imine (C=N–C) groups is 1.